The molecule has 16 heavy (non-hydrogen) atoms. The number of aromatic nitrogens is 3. The monoisotopic (exact) mass is 260 g/mol. The van der Waals surface area contributed by atoms with Crippen molar-refractivity contribution in [1.29, 1.82) is 0 Å². The normalized spacial score (nSPS) is 9.12. The highest BCUT2D eigenvalue weighted by Gasteiger charge is 2.07. The average molecular weight is 261 g/mol. The van der Waals surface area contributed by atoms with Crippen LogP contribution in [-0.2, 0) is 6.54 Å². The van der Waals surface area contributed by atoms with E-state index in [9.17, 15) is 0 Å². The lowest BCUT2D eigenvalue weighted by Gasteiger charge is -2.06. The molecule has 0 aliphatic carbocycles. The fraction of sp³-hybridized carbons (Fsp3) is 0.200. The smallest absolute Gasteiger partial charge is 0.151 e. The van der Waals surface area contributed by atoms with Crippen LogP contribution in [0.3, 0.4) is 0 Å². The Morgan fingerprint density at radius 2 is 1.75 bits per heavy atom. The third-order valence-electron chi connectivity index (χ3n) is 2.09. The first-order valence-corrected chi connectivity index (χ1v) is 4.49. The molecule has 1 aromatic heterocycles. The fourth-order valence-corrected chi connectivity index (χ4v) is 1.45. The Balaban J connectivity index is 0.00000112. The van der Waals surface area contributed by atoms with Gasteiger partial charge in [0.15, 0.2) is 5.82 Å². The number of rotatable bonds is 2. The summed E-state index contributed by atoms with van der Waals surface area (Å²) in [5, 5.41) is 8.00. The highest BCUT2D eigenvalue weighted by molar-refractivity contribution is 5.85. The van der Waals surface area contributed by atoms with E-state index in [0.29, 0.717) is 6.54 Å². The predicted octanol–water partition coefficient (Wildman–Crippen LogP) is 1.88. The van der Waals surface area contributed by atoms with Gasteiger partial charge in [0.2, 0.25) is 0 Å². The van der Waals surface area contributed by atoms with Crippen molar-refractivity contribution in [3.05, 3.63) is 42.0 Å². The van der Waals surface area contributed by atoms with Crippen LogP contribution in [0.4, 0.5) is 0 Å². The summed E-state index contributed by atoms with van der Waals surface area (Å²) >= 11 is 0. The topological polar surface area (TPSA) is 56.7 Å². The Labute approximate surface area is 107 Å². The molecule has 0 bridgehead atoms. The Bertz CT molecular complexity index is 428. The van der Waals surface area contributed by atoms with E-state index in [1.165, 1.54) is 0 Å². The first-order chi connectivity index (χ1) is 6.83. The van der Waals surface area contributed by atoms with E-state index in [0.717, 1.165) is 17.3 Å². The van der Waals surface area contributed by atoms with Crippen LogP contribution >= 0.6 is 24.8 Å². The van der Waals surface area contributed by atoms with E-state index >= 15 is 0 Å². The van der Waals surface area contributed by atoms with Gasteiger partial charge in [-0.05, 0) is 19.1 Å². The first-order valence-electron chi connectivity index (χ1n) is 4.49. The summed E-state index contributed by atoms with van der Waals surface area (Å²) in [7, 11) is 0. The third-order valence-corrected chi connectivity index (χ3v) is 2.09. The van der Waals surface area contributed by atoms with Crippen LogP contribution < -0.4 is 5.73 Å². The number of hydrogen-bond acceptors (Lipinski definition) is 3. The molecule has 0 spiro atoms. The lowest BCUT2D eigenvalue weighted by atomic mass is 10.3. The standard InChI is InChI=1S/C10H12N4.2ClH/c1-8-12-13-10(7-11)14(8)9-5-3-2-4-6-9;;/h2-6H,7,11H2,1H3;2*1H. The number of halogens is 2. The predicted molar refractivity (Wildman–Crippen MR) is 68.5 cm³/mol. The fourth-order valence-electron chi connectivity index (χ4n) is 1.45. The molecule has 2 N–H and O–H groups in total. The summed E-state index contributed by atoms with van der Waals surface area (Å²) in [4.78, 5) is 0. The number of nitrogens with two attached hydrogens (primary N) is 1. The third kappa shape index (κ3) is 2.72. The lowest BCUT2D eigenvalue weighted by molar-refractivity contribution is 0.850. The second-order valence-corrected chi connectivity index (χ2v) is 3.04. The summed E-state index contributed by atoms with van der Waals surface area (Å²) in [5.74, 6) is 1.64. The van der Waals surface area contributed by atoms with Crippen molar-refractivity contribution < 1.29 is 0 Å². The van der Waals surface area contributed by atoms with E-state index in [1.54, 1.807) is 0 Å². The van der Waals surface area contributed by atoms with Gasteiger partial charge in [-0.15, -0.1) is 35.0 Å². The number of hydrogen-bond donors (Lipinski definition) is 1. The van der Waals surface area contributed by atoms with Gasteiger partial charge in [-0.2, -0.15) is 0 Å². The van der Waals surface area contributed by atoms with Crippen LogP contribution in [0, 0.1) is 6.92 Å². The molecule has 88 valence electrons. The van der Waals surface area contributed by atoms with Gasteiger partial charge in [0.25, 0.3) is 0 Å². The molecule has 1 heterocycles. The van der Waals surface area contributed by atoms with Crippen molar-refractivity contribution in [2.75, 3.05) is 0 Å². The highest BCUT2D eigenvalue weighted by Crippen LogP contribution is 2.11. The Morgan fingerprint density at radius 3 is 2.31 bits per heavy atom. The Hall–Kier alpha value is -1.10. The minimum absolute atomic E-state index is 0. The zero-order valence-corrected chi connectivity index (χ0v) is 10.5. The maximum Gasteiger partial charge on any atom is 0.151 e. The molecule has 1 aromatic carbocycles. The number of aryl methyl sites for hydroxylation is 1. The van der Waals surface area contributed by atoms with Gasteiger partial charge >= 0.3 is 0 Å². The molecular formula is C10H14Cl2N4. The first kappa shape index (κ1) is 14.9. The van der Waals surface area contributed by atoms with Crippen LogP contribution in [0.1, 0.15) is 11.6 Å². The number of benzene rings is 1. The van der Waals surface area contributed by atoms with E-state index < -0.39 is 0 Å². The molecule has 2 aromatic rings. The van der Waals surface area contributed by atoms with E-state index in [2.05, 4.69) is 10.2 Å². The summed E-state index contributed by atoms with van der Waals surface area (Å²) < 4.78 is 1.96. The van der Waals surface area contributed by atoms with Gasteiger partial charge in [0.05, 0.1) is 6.54 Å². The van der Waals surface area contributed by atoms with Gasteiger partial charge in [-0.25, -0.2) is 0 Å². The van der Waals surface area contributed by atoms with Crippen molar-refractivity contribution in [3.63, 3.8) is 0 Å². The summed E-state index contributed by atoms with van der Waals surface area (Å²) in [6, 6.07) is 9.96. The van der Waals surface area contributed by atoms with Crippen molar-refractivity contribution in [3.8, 4) is 5.69 Å². The second kappa shape index (κ2) is 6.48. The Morgan fingerprint density at radius 1 is 1.12 bits per heavy atom. The van der Waals surface area contributed by atoms with Gasteiger partial charge in [-0.1, -0.05) is 18.2 Å². The van der Waals surface area contributed by atoms with Crippen LogP contribution in [-0.4, -0.2) is 14.8 Å². The largest absolute Gasteiger partial charge is 0.324 e. The molecule has 0 atom stereocenters. The molecule has 2 rings (SSSR count). The molecule has 0 unspecified atom stereocenters. The van der Waals surface area contributed by atoms with Crippen LogP contribution in [0.2, 0.25) is 0 Å². The maximum absolute atomic E-state index is 5.58. The maximum atomic E-state index is 5.58. The SMILES string of the molecule is Cc1nnc(CN)n1-c1ccccc1.Cl.Cl. The molecule has 0 radical (unpaired) electrons. The van der Waals surface area contributed by atoms with E-state index in [-0.39, 0.29) is 24.8 Å². The highest BCUT2D eigenvalue weighted by atomic mass is 35.5. The molecule has 0 amide bonds. The number of para-hydroxylation sites is 1. The second-order valence-electron chi connectivity index (χ2n) is 3.04. The molecule has 0 saturated carbocycles. The van der Waals surface area contributed by atoms with Gasteiger partial charge in [-0.3, -0.25) is 4.57 Å². The Kier molecular flexibility index (Phi) is 6.03. The van der Waals surface area contributed by atoms with E-state index in [1.807, 2.05) is 41.8 Å². The molecule has 0 aliphatic heterocycles. The van der Waals surface area contributed by atoms with Crippen molar-refractivity contribution in [1.82, 2.24) is 14.8 Å². The molecule has 6 heteroatoms. The van der Waals surface area contributed by atoms with Crippen LogP contribution in [0.15, 0.2) is 30.3 Å². The molecule has 0 fully saturated rings. The van der Waals surface area contributed by atoms with Crippen molar-refractivity contribution >= 4 is 24.8 Å². The molecular weight excluding hydrogens is 247 g/mol. The average Bonchev–Trinajstić information content (AvgIpc) is 2.61. The van der Waals surface area contributed by atoms with Crippen molar-refractivity contribution in [2.45, 2.75) is 13.5 Å². The quantitative estimate of drug-likeness (QED) is 0.897. The van der Waals surface area contributed by atoms with Gasteiger partial charge in [0.1, 0.15) is 5.82 Å². The lowest BCUT2D eigenvalue weighted by Crippen LogP contribution is -2.07. The zero-order valence-electron chi connectivity index (χ0n) is 8.83. The van der Waals surface area contributed by atoms with Crippen LogP contribution in [0.5, 0.6) is 0 Å². The van der Waals surface area contributed by atoms with Gasteiger partial charge < -0.3 is 5.73 Å². The van der Waals surface area contributed by atoms with Crippen molar-refractivity contribution in [2.24, 2.45) is 5.73 Å². The minimum atomic E-state index is 0. The minimum Gasteiger partial charge on any atom is -0.324 e. The molecule has 4 nitrogen and oxygen atoms in total. The number of nitrogens with zero attached hydrogens (tertiary/aromatic N) is 3. The summed E-state index contributed by atoms with van der Waals surface area (Å²) in [6.07, 6.45) is 0. The van der Waals surface area contributed by atoms with E-state index in [4.69, 9.17) is 5.73 Å². The summed E-state index contributed by atoms with van der Waals surface area (Å²) in [6.45, 7) is 2.31. The van der Waals surface area contributed by atoms with Crippen LogP contribution in [0.25, 0.3) is 5.69 Å². The van der Waals surface area contributed by atoms with Gasteiger partial charge in [0, 0.05) is 5.69 Å². The summed E-state index contributed by atoms with van der Waals surface area (Å²) in [5.41, 5.74) is 6.63. The molecule has 0 aliphatic rings. The molecule has 0 saturated heterocycles. The zero-order chi connectivity index (χ0) is 9.97.